The number of nitrogens with zero attached hydrogens (tertiary/aromatic N) is 3. The summed E-state index contributed by atoms with van der Waals surface area (Å²) in [7, 11) is 0. The van der Waals surface area contributed by atoms with E-state index in [-0.39, 0.29) is 74.8 Å². The third kappa shape index (κ3) is 7.28. The Morgan fingerprint density at radius 2 is 1.87 bits per heavy atom. The molecule has 1 aromatic carbocycles. The summed E-state index contributed by atoms with van der Waals surface area (Å²) in [4.78, 5) is 8.53. The van der Waals surface area contributed by atoms with Crippen molar-refractivity contribution in [1.82, 2.24) is 9.88 Å². The van der Waals surface area contributed by atoms with Gasteiger partial charge in [-0.3, -0.25) is 5.41 Å². The molecule has 4 rings (SSSR count). The van der Waals surface area contributed by atoms with Gasteiger partial charge in [0.05, 0.1) is 6.61 Å². The summed E-state index contributed by atoms with van der Waals surface area (Å²) in [6.07, 6.45) is 4.68. The summed E-state index contributed by atoms with van der Waals surface area (Å²) in [5.74, 6) is 2.53. The van der Waals surface area contributed by atoms with Crippen molar-refractivity contribution in [2.45, 2.75) is 25.8 Å². The van der Waals surface area contributed by atoms with Gasteiger partial charge in [-0.2, -0.15) is 0 Å². The third-order valence-electron chi connectivity index (χ3n) is 5.70. The number of aromatic nitrogens is 1. The minimum absolute atomic E-state index is 0. The van der Waals surface area contributed by atoms with E-state index >= 15 is 0 Å². The maximum absolute atomic E-state index is 7.64. The van der Waals surface area contributed by atoms with Gasteiger partial charge in [0, 0.05) is 76.4 Å². The Morgan fingerprint density at radius 1 is 1.13 bits per heavy atom. The predicted octanol–water partition coefficient (Wildman–Crippen LogP) is 4.16. The second kappa shape index (κ2) is 12.9. The minimum Gasteiger partial charge on any atom is -0.697 e. The number of ether oxygens (including phenoxy) is 1. The Labute approximate surface area is 232 Å². The van der Waals surface area contributed by atoms with Gasteiger partial charge in [0.2, 0.25) is 0 Å². The zero-order valence-electron chi connectivity index (χ0n) is 17.4. The zero-order valence-corrected chi connectivity index (χ0v) is 23.8. The molecule has 0 spiro atoms. The van der Waals surface area contributed by atoms with Crippen molar-refractivity contribution in [2.75, 3.05) is 31.1 Å². The molecule has 0 aliphatic carbocycles. The Kier molecular flexibility index (Phi) is 11.7. The largest absolute Gasteiger partial charge is 0.697 e. The number of piperidine rings is 1. The normalized spacial score (nSPS) is 15.6. The molecule has 31 heavy (non-hydrogen) atoms. The molecule has 2 aliphatic rings. The molecule has 1 fully saturated rings. The van der Waals surface area contributed by atoms with E-state index in [1.807, 2.05) is 11.0 Å². The topological polar surface area (TPSA) is 102 Å². The molecular weight excluding hydrogens is 650 g/mol. The number of nitrogens with one attached hydrogen (secondary N) is 2. The fourth-order valence-electron chi connectivity index (χ4n) is 3.94. The summed E-state index contributed by atoms with van der Waals surface area (Å²) in [6, 6.07) is 10.0. The minimum atomic E-state index is 0. The molecule has 7 nitrogen and oxygen atoms in total. The molecule has 0 bridgehead atoms. The van der Waals surface area contributed by atoms with Crippen LogP contribution in [0.5, 0.6) is 5.75 Å². The van der Waals surface area contributed by atoms with Crippen LogP contribution in [0.4, 0.5) is 11.5 Å². The van der Waals surface area contributed by atoms with Crippen LogP contribution in [0.1, 0.15) is 24.0 Å². The van der Waals surface area contributed by atoms with Crippen LogP contribution in [0.25, 0.3) is 5.73 Å². The van der Waals surface area contributed by atoms with E-state index in [4.69, 9.17) is 21.6 Å². The van der Waals surface area contributed by atoms with Gasteiger partial charge in [-0.25, -0.2) is 4.98 Å². The first-order valence-corrected chi connectivity index (χ1v) is 9.84. The average Bonchev–Trinajstić information content (AvgIpc) is 2.72. The van der Waals surface area contributed by atoms with Crippen LogP contribution in [0.15, 0.2) is 36.5 Å². The second-order valence-electron chi connectivity index (χ2n) is 7.63. The van der Waals surface area contributed by atoms with E-state index in [1.165, 1.54) is 11.1 Å². The number of anilines is 1. The number of nitrogens with two attached hydrogens (primary N) is 1. The number of benzene rings is 1. The number of rotatable bonds is 4. The summed E-state index contributed by atoms with van der Waals surface area (Å²) in [5, 5.41) is 7.64. The Hall–Kier alpha value is -0.938. The first-order chi connectivity index (χ1) is 13.6. The van der Waals surface area contributed by atoms with Crippen molar-refractivity contribution < 1.29 is 48.8 Å². The van der Waals surface area contributed by atoms with Crippen molar-refractivity contribution in [3.8, 4) is 5.75 Å². The molecule has 2 aliphatic heterocycles. The molecule has 1 saturated heterocycles. The van der Waals surface area contributed by atoms with Gasteiger partial charge in [0.25, 0.3) is 0 Å². The van der Waals surface area contributed by atoms with E-state index in [0.29, 0.717) is 18.2 Å². The van der Waals surface area contributed by atoms with Gasteiger partial charge in [-0.05, 0) is 54.5 Å². The van der Waals surface area contributed by atoms with E-state index < -0.39 is 0 Å². The van der Waals surface area contributed by atoms with Gasteiger partial charge in [-0.15, -0.1) is 30.5 Å². The SMILES string of the molecule is Cl.Cl.N=C(N)N1CCc2ccc(OCC3CCN(c4ccc([NH-])cn4)CC3)cc2C1.[Ac]. The van der Waals surface area contributed by atoms with Crippen LogP contribution >= 0.6 is 24.8 Å². The maximum atomic E-state index is 7.64. The number of guanidine groups is 1. The molecule has 1 radical (unpaired) electrons. The summed E-state index contributed by atoms with van der Waals surface area (Å²) >= 11 is 0. The summed E-state index contributed by atoms with van der Waals surface area (Å²) in [5.41, 5.74) is 16.2. The van der Waals surface area contributed by atoms with Crippen molar-refractivity contribution in [1.29, 1.82) is 5.41 Å². The first-order valence-electron chi connectivity index (χ1n) is 9.84. The molecule has 0 unspecified atom stereocenters. The number of pyridine rings is 1. The Balaban J connectivity index is 0.00000160. The smallest absolute Gasteiger partial charge is 0.188 e. The summed E-state index contributed by atoms with van der Waals surface area (Å²) in [6.45, 7) is 4.15. The number of hydrogen-bond donors (Lipinski definition) is 2. The van der Waals surface area contributed by atoms with Crippen LogP contribution in [-0.4, -0.2) is 42.1 Å². The van der Waals surface area contributed by atoms with Gasteiger partial charge in [0.1, 0.15) is 11.6 Å². The maximum Gasteiger partial charge on any atom is 0.188 e. The molecule has 4 N–H and O–H groups in total. The van der Waals surface area contributed by atoms with Gasteiger partial charge < -0.3 is 26.0 Å². The molecule has 1 aromatic heterocycles. The fraction of sp³-hybridized carbons (Fsp3) is 0.429. The molecule has 3 heterocycles. The van der Waals surface area contributed by atoms with Gasteiger partial charge >= 0.3 is 0 Å². The molecule has 2 aromatic rings. The standard InChI is InChI=1S/C21H27N6O.Ac.2ClH/c22-18-2-4-20(25-12-18)26-8-5-15(6-9-26)14-28-19-3-1-16-7-10-27(21(23)24)13-17(16)11-19;;;/h1-4,11-12,15,22H,5-10,13-14H2,(H3,23,24);;2*1H/q-1;;;. The monoisotopic (exact) mass is 678 g/mol. The van der Waals surface area contributed by atoms with Crippen molar-refractivity contribution in [2.24, 2.45) is 11.7 Å². The zero-order chi connectivity index (χ0) is 19.5. The first kappa shape index (κ1) is 28.1. The predicted molar refractivity (Wildman–Crippen MR) is 126 cm³/mol. The Bertz CT molecular complexity index is 846. The quantitative estimate of drug-likeness (QED) is 0.374. The number of fused-ring (bicyclic) bond motifs is 1. The van der Waals surface area contributed by atoms with Crippen LogP contribution < -0.4 is 15.4 Å². The van der Waals surface area contributed by atoms with E-state index in [0.717, 1.165) is 57.1 Å². The molecule has 10 heteroatoms. The molecule has 0 saturated carbocycles. The van der Waals surface area contributed by atoms with E-state index in [1.54, 1.807) is 12.3 Å². The van der Waals surface area contributed by atoms with Crippen molar-refractivity contribution in [3.63, 3.8) is 0 Å². The van der Waals surface area contributed by atoms with Crippen LogP contribution in [0.2, 0.25) is 0 Å². The Morgan fingerprint density at radius 3 is 2.52 bits per heavy atom. The summed E-state index contributed by atoms with van der Waals surface area (Å²) < 4.78 is 6.10. The molecule has 167 valence electrons. The van der Waals surface area contributed by atoms with Crippen LogP contribution in [0.3, 0.4) is 0 Å². The van der Waals surface area contributed by atoms with Gasteiger partial charge in [0.15, 0.2) is 5.96 Å². The van der Waals surface area contributed by atoms with Crippen LogP contribution in [-0.2, 0) is 13.0 Å². The molecule has 0 amide bonds. The van der Waals surface area contributed by atoms with E-state index in [9.17, 15) is 0 Å². The van der Waals surface area contributed by atoms with Crippen LogP contribution in [0, 0.1) is 55.4 Å². The molecule has 0 atom stereocenters. The molecular formula is C21H29AcCl2N6O-. The number of halogens is 2. The third-order valence-corrected chi connectivity index (χ3v) is 5.70. The average molecular weight is 679 g/mol. The number of hydrogen-bond acceptors (Lipinski definition) is 4. The second-order valence-corrected chi connectivity index (χ2v) is 7.63. The fourth-order valence-corrected chi connectivity index (χ4v) is 3.94. The van der Waals surface area contributed by atoms with Crippen molar-refractivity contribution >= 4 is 42.3 Å². The van der Waals surface area contributed by atoms with E-state index in [2.05, 4.69) is 28.1 Å². The van der Waals surface area contributed by atoms with Gasteiger partial charge in [-0.1, -0.05) is 12.1 Å². The van der Waals surface area contributed by atoms with Crippen molar-refractivity contribution in [3.05, 3.63) is 53.4 Å².